The average molecular weight is 390 g/mol. The maximum atomic E-state index is 13.3. The van der Waals surface area contributed by atoms with E-state index in [4.69, 9.17) is 5.73 Å². The molecule has 1 saturated carbocycles. The van der Waals surface area contributed by atoms with Crippen LogP contribution in [0.15, 0.2) is 30.3 Å². The zero-order valence-electron chi connectivity index (χ0n) is 16.1. The molecule has 0 radical (unpaired) electrons. The number of nitrogens with one attached hydrogen (secondary N) is 1. The lowest BCUT2D eigenvalue weighted by molar-refractivity contribution is -0.138. The molecule has 1 aromatic heterocycles. The molecule has 1 amide bonds. The number of hydrogen-bond acceptors (Lipinski definition) is 2. The molecule has 4 rings (SSSR count). The van der Waals surface area contributed by atoms with E-state index in [2.05, 4.69) is 40.2 Å². The predicted octanol–water partition coefficient (Wildman–Crippen LogP) is 4.94. The number of halogens is 1. The maximum absolute atomic E-state index is 13.3. The van der Waals surface area contributed by atoms with Crippen molar-refractivity contribution in [2.75, 3.05) is 13.1 Å². The highest BCUT2D eigenvalue weighted by molar-refractivity contribution is 5.85. The van der Waals surface area contributed by atoms with Crippen molar-refractivity contribution < 1.29 is 4.79 Å². The van der Waals surface area contributed by atoms with Gasteiger partial charge in [0.2, 0.25) is 5.91 Å². The Balaban J connectivity index is 0.00000210. The molecule has 5 heteroatoms. The highest BCUT2D eigenvalue weighted by Gasteiger charge is 2.37. The summed E-state index contributed by atoms with van der Waals surface area (Å²) in [5.41, 5.74) is 8.52. The number of carbonyl (C=O) groups is 1. The van der Waals surface area contributed by atoms with Gasteiger partial charge in [-0.25, -0.2) is 0 Å². The number of para-hydroxylation sites is 1. The van der Waals surface area contributed by atoms with Gasteiger partial charge in [-0.05, 0) is 61.6 Å². The van der Waals surface area contributed by atoms with Gasteiger partial charge in [0.1, 0.15) is 0 Å². The number of hydrogen-bond donors (Lipinski definition) is 2. The third-order valence-electron chi connectivity index (χ3n) is 6.61. The highest BCUT2D eigenvalue weighted by atomic mass is 35.5. The predicted molar refractivity (Wildman–Crippen MR) is 113 cm³/mol. The van der Waals surface area contributed by atoms with E-state index in [-0.39, 0.29) is 23.9 Å². The van der Waals surface area contributed by atoms with Crippen molar-refractivity contribution in [1.29, 1.82) is 0 Å². The van der Waals surface area contributed by atoms with E-state index < -0.39 is 0 Å². The Bertz CT molecular complexity index is 733. The van der Waals surface area contributed by atoms with Gasteiger partial charge in [-0.15, -0.1) is 12.4 Å². The summed E-state index contributed by atoms with van der Waals surface area (Å²) in [5, 5.41) is 1.23. The van der Waals surface area contributed by atoms with Crippen LogP contribution in [0.4, 0.5) is 0 Å². The van der Waals surface area contributed by atoms with Gasteiger partial charge in [-0.3, -0.25) is 4.79 Å². The number of aromatic amines is 1. The molecule has 4 nitrogen and oxygen atoms in total. The summed E-state index contributed by atoms with van der Waals surface area (Å²) in [6.07, 6.45) is 9.92. The van der Waals surface area contributed by atoms with Gasteiger partial charge in [0.15, 0.2) is 0 Å². The van der Waals surface area contributed by atoms with E-state index in [1.54, 1.807) is 0 Å². The Labute approximate surface area is 168 Å². The largest absolute Gasteiger partial charge is 0.357 e. The summed E-state index contributed by atoms with van der Waals surface area (Å²) in [6, 6.07) is 10.8. The molecule has 0 bridgehead atoms. The number of aromatic nitrogens is 1. The second kappa shape index (κ2) is 8.66. The quantitative estimate of drug-likeness (QED) is 0.777. The summed E-state index contributed by atoms with van der Waals surface area (Å²) in [6.45, 7) is 1.52. The van der Waals surface area contributed by atoms with Crippen molar-refractivity contribution in [3.05, 3.63) is 36.0 Å². The Morgan fingerprint density at radius 3 is 2.67 bits per heavy atom. The number of carbonyl (C=O) groups excluding carboxylic acids is 1. The minimum absolute atomic E-state index is 0. The van der Waals surface area contributed by atoms with Crippen LogP contribution in [0.1, 0.15) is 69.5 Å². The van der Waals surface area contributed by atoms with Gasteiger partial charge < -0.3 is 15.6 Å². The Morgan fingerprint density at radius 1 is 1.15 bits per heavy atom. The molecule has 2 heterocycles. The van der Waals surface area contributed by atoms with E-state index in [0.717, 1.165) is 37.7 Å². The van der Waals surface area contributed by atoms with Gasteiger partial charge in [-0.1, -0.05) is 37.5 Å². The van der Waals surface area contributed by atoms with Gasteiger partial charge >= 0.3 is 0 Å². The first-order chi connectivity index (χ1) is 12.7. The standard InChI is InChI=1S/C22H31N3O.ClH/c23-16-22(11-5-1-6-12-22)15-21(26)25-13-7-4-10-20(25)19-14-17-8-2-3-9-18(17)24-19;/h2-3,8-9,14,20,24H,1,4-7,10-13,15-16,23H2;1H. The van der Waals surface area contributed by atoms with Crippen molar-refractivity contribution in [2.45, 2.75) is 63.8 Å². The van der Waals surface area contributed by atoms with Gasteiger partial charge in [0.05, 0.1) is 6.04 Å². The van der Waals surface area contributed by atoms with Crippen molar-refractivity contribution in [3.63, 3.8) is 0 Å². The smallest absolute Gasteiger partial charge is 0.223 e. The fourth-order valence-corrected chi connectivity index (χ4v) is 5.01. The first-order valence-electron chi connectivity index (χ1n) is 10.3. The fourth-order valence-electron chi connectivity index (χ4n) is 5.01. The van der Waals surface area contributed by atoms with Crippen LogP contribution in [0.25, 0.3) is 10.9 Å². The van der Waals surface area contributed by atoms with Crippen molar-refractivity contribution in [1.82, 2.24) is 9.88 Å². The third kappa shape index (κ3) is 4.17. The van der Waals surface area contributed by atoms with Crippen LogP contribution in [0.2, 0.25) is 0 Å². The van der Waals surface area contributed by atoms with E-state index in [0.29, 0.717) is 18.9 Å². The second-order valence-corrected chi connectivity index (χ2v) is 8.35. The molecule has 1 aromatic carbocycles. The van der Waals surface area contributed by atoms with Crippen molar-refractivity contribution in [2.24, 2.45) is 11.1 Å². The molecule has 0 spiro atoms. The third-order valence-corrected chi connectivity index (χ3v) is 6.61. The Hall–Kier alpha value is -1.52. The second-order valence-electron chi connectivity index (χ2n) is 8.35. The molecule has 2 aliphatic rings. The number of likely N-dealkylation sites (tertiary alicyclic amines) is 1. The number of H-pyrrole nitrogens is 1. The molecule has 1 aliphatic carbocycles. The number of nitrogens with two attached hydrogens (primary N) is 1. The number of fused-ring (bicyclic) bond motifs is 1. The summed E-state index contributed by atoms with van der Waals surface area (Å²) < 4.78 is 0. The molecule has 1 atom stereocenters. The molecule has 2 aromatic rings. The summed E-state index contributed by atoms with van der Waals surface area (Å²) in [4.78, 5) is 19.0. The lowest BCUT2D eigenvalue weighted by Gasteiger charge is -2.40. The number of rotatable bonds is 4. The summed E-state index contributed by atoms with van der Waals surface area (Å²) >= 11 is 0. The lowest BCUT2D eigenvalue weighted by Crippen LogP contribution is -2.43. The van der Waals surface area contributed by atoms with E-state index in [1.165, 1.54) is 36.8 Å². The van der Waals surface area contributed by atoms with Gasteiger partial charge in [0, 0.05) is 24.2 Å². The zero-order chi connectivity index (χ0) is 18.0. The normalized spacial score (nSPS) is 22.4. The van der Waals surface area contributed by atoms with Gasteiger partial charge in [0.25, 0.3) is 0 Å². The first kappa shape index (κ1) is 20.2. The van der Waals surface area contributed by atoms with Crippen molar-refractivity contribution in [3.8, 4) is 0 Å². The molecular formula is C22H32ClN3O. The van der Waals surface area contributed by atoms with Crippen LogP contribution >= 0.6 is 12.4 Å². The van der Waals surface area contributed by atoms with Crippen LogP contribution in [0.5, 0.6) is 0 Å². The number of nitrogens with zero attached hydrogens (tertiary/aromatic N) is 1. The Kier molecular flexibility index (Phi) is 6.48. The first-order valence-corrected chi connectivity index (χ1v) is 10.3. The van der Waals surface area contributed by atoms with E-state index >= 15 is 0 Å². The molecule has 1 aliphatic heterocycles. The van der Waals surface area contributed by atoms with E-state index in [1.807, 2.05) is 0 Å². The van der Waals surface area contributed by atoms with Gasteiger partial charge in [-0.2, -0.15) is 0 Å². The van der Waals surface area contributed by atoms with Crippen LogP contribution in [0.3, 0.4) is 0 Å². The average Bonchev–Trinajstić information content (AvgIpc) is 3.13. The topological polar surface area (TPSA) is 62.1 Å². The van der Waals surface area contributed by atoms with Crippen LogP contribution in [-0.4, -0.2) is 28.9 Å². The molecule has 3 N–H and O–H groups in total. The molecule has 1 saturated heterocycles. The highest BCUT2D eigenvalue weighted by Crippen LogP contribution is 2.40. The summed E-state index contributed by atoms with van der Waals surface area (Å²) in [7, 11) is 0. The number of benzene rings is 1. The number of amides is 1. The van der Waals surface area contributed by atoms with E-state index in [9.17, 15) is 4.79 Å². The minimum atomic E-state index is 0. The SMILES string of the molecule is Cl.NCC1(CC(=O)N2CCCCC2c2cc3ccccc3[nH]2)CCCCC1. The maximum Gasteiger partial charge on any atom is 0.223 e. The molecule has 2 fully saturated rings. The minimum Gasteiger partial charge on any atom is -0.357 e. The zero-order valence-corrected chi connectivity index (χ0v) is 16.9. The molecular weight excluding hydrogens is 358 g/mol. The van der Waals surface area contributed by atoms with Crippen LogP contribution in [0, 0.1) is 5.41 Å². The Morgan fingerprint density at radius 2 is 1.93 bits per heavy atom. The van der Waals surface area contributed by atoms with Crippen molar-refractivity contribution >= 4 is 29.2 Å². The van der Waals surface area contributed by atoms with Crippen LogP contribution in [-0.2, 0) is 4.79 Å². The number of piperidine rings is 1. The molecule has 1 unspecified atom stereocenters. The molecule has 148 valence electrons. The summed E-state index contributed by atoms with van der Waals surface area (Å²) in [5.74, 6) is 0.306. The lowest BCUT2D eigenvalue weighted by atomic mass is 9.71. The monoisotopic (exact) mass is 389 g/mol. The molecule has 27 heavy (non-hydrogen) atoms. The fraction of sp³-hybridized carbons (Fsp3) is 0.591. The van der Waals surface area contributed by atoms with Crippen LogP contribution < -0.4 is 5.73 Å².